The average Bonchev–Trinajstić information content (AvgIpc) is 2.58. The van der Waals surface area contributed by atoms with Crippen molar-refractivity contribution in [1.82, 2.24) is 0 Å². The van der Waals surface area contributed by atoms with E-state index in [1.165, 1.54) is 6.07 Å². The van der Waals surface area contributed by atoms with E-state index in [1.807, 2.05) is 0 Å². The van der Waals surface area contributed by atoms with E-state index in [-0.39, 0.29) is 0 Å². The first kappa shape index (κ1) is 18.4. The molecule has 1 amide bonds. The second-order valence-electron chi connectivity index (χ2n) is 4.95. The van der Waals surface area contributed by atoms with Crippen LogP contribution in [-0.4, -0.2) is 5.91 Å². The Bertz CT molecular complexity index is 907. The second kappa shape index (κ2) is 7.73. The zero-order valence-electron chi connectivity index (χ0n) is 12.8. The van der Waals surface area contributed by atoms with Gasteiger partial charge in [-0.2, -0.15) is 5.26 Å². The number of amides is 1. The highest BCUT2D eigenvalue weighted by atomic mass is 35.5. The zero-order valence-corrected chi connectivity index (χ0v) is 13.6. The molecule has 0 saturated heterocycles. The lowest BCUT2D eigenvalue weighted by Gasteiger charge is -2.09. The van der Waals surface area contributed by atoms with E-state index in [0.717, 1.165) is 23.9 Å². The molecule has 0 aliphatic carbocycles. The summed E-state index contributed by atoms with van der Waals surface area (Å²) in [5, 5.41) is 14.2. The minimum absolute atomic E-state index is 0.394. The van der Waals surface area contributed by atoms with Crippen molar-refractivity contribution in [3.8, 4) is 6.07 Å². The van der Waals surface area contributed by atoms with Gasteiger partial charge >= 0.3 is 0 Å². The average molecular weight is 366 g/mol. The van der Waals surface area contributed by atoms with Gasteiger partial charge in [0.15, 0.2) is 17.5 Å². The first-order valence-corrected chi connectivity index (χ1v) is 7.29. The van der Waals surface area contributed by atoms with Crippen molar-refractivity contribution in [1.29, 1.82) is 5.26 Å². The molecule has 0 aliphatic heterocycles. The van der Waals surface area contributed by atoms with Gasteiger partial charge in [0.1, 0.15) is 11.6 Å². The van der Waals surface area contributed by atoms with Crippen molar-refractivity contribution in [2.75, 3.05) is 10.6 Å². The number of nitriles is 1. The van der Waals surface area contributed by atoms with E-state index in [4.69, 9.17) is 16.9 Å². The maximum absolute atomic E-state index is 13.6. The quantitative estimate of drug-likeness (QED) is 0.475. The van der Waals surface area contributed by atoms with Crippen molar-refractivity contribution in [3.05, 3.63) is 70.1 Å². The Morgan fingerprint density at radius 1 is 1.16 bits per heavy atom. The van der Waals surface area contributed by atoms with Gasteiger partial charge in [-0.15, -0.1) is 0 Å². The molecule has 2 aromatic carbocycles. The number of halogens is 4. The highest BCUT2D eigenvalue weighted by Crippen LogP contribution is 2.22. The van der Waals surface area contributed by atoms with Crippen molar-refractivity contribution in [2.24, 2.45) is 0 Å². The zero-order chi connectivity index (χ0) is 18.6. The van der Waals surface area contributed by atoms with E-state index >= 15 is 0 Å². The minimum atomic E-state index is -1.66. The number of rotatable bonds is 4. The van der Waals surface area contributed by atoms with Crippen LogP contribution in [0.5, 0.6) is 0 Å². The standard InChI is InChI=1S/C17H11ClF3N3O/c1-9-2-3-11(18)6-14(9)24-17(25)10(7-22)8-23-13-5-4-12(19)15(20)16(13)21/h2-6,8,23H,1H3,(H,24,25)/b10-8-. The van der Waals surface area contributed by atoms with Crippen LogP contribution in [0.25, 0.3) is 0 Å². The van der Waals surface area contributed by atoms with E-state index in [0.29, 0.717) is 10.7 Å². The first-order chi connectivity index (χ1) is 11.8. The van der Waals surface area contributed by atoms with Gasteiger partial charge in [0.25, 0.3) is 5.91 Å². The summed E-state index contributed by atoms with van der Waals surface area (Å²) < 4.78 is 39.6. The molecular weight excluding hydrogens is 355 g/mol. The molecule has 2 aromatic rings. The Hall–Kier alpha value is -2.98. The Kier molecular flexibility index (Phi) is 5.67. The summed E-state index contributed by atoms with van der Waals surface area (Å²) in [6, 6.07) is 8.13. The van der Waals surface area contributed by atoms with Gasteiger partial charge in [0.2, 0.25) is 0 Å². The fraction of sp³-hybridized carbons (Fsp3) is 0.0588. The van der Waals surface area contributed by atoms with E-state index in [9.17, 15) is 18.0 Å². The van der Waals surface area contributed by atoms with Gasteiger partial charge in [0, 0.05) is 16.9 Å². The molecule has 0 fully saturated rings. The van der Waals surface area contributed by atoms with E-state index in [2.05, 4.69) is 10.6 Å². The van der Waals surface area contributed by atoms with Crippen LogP contribution in [0.1, 0.15) is 5.56 Å². The van der Waals surface area contributed by atoms with Crippen molar-refractivity contribution >= 4 is 28.9 Å². The van der Waals surface area contributed by atoms with Crippen molar-refractivity contribution in [2.45, 2.75) is 6.92 Å². The molecular formula is C17H11ClF3N3O. The highest BCUT2D eigenvalue weighted by Gasteiger charge is 2.14. The third-order valence-corrected chi connectivity index (χ3v) is 3.46. The second-order valence-corrected chi connectivity index (χ2v) is 5.39. The number of carbonyl (C=O) groups is 1. The molecule has 0 atom stereocenters. The molecule has 2 rings (SSSR count). The lowest BCUT2D eigenvalue weighted by molar-refractivity contribution is -0.112. The largest absolute Gasteiger partial charge is 0.358 e. The number of hydrogen-bond acceptors (Lipinski definition) is 3. The molecule has 0 heterocycles. The number of hydrogen-bond donors (Lipinski definition) is 2. The first-order valence-electron chi connectivity index (χ1n) is 6.91. The summed E-state index contributed by atoms with van der Waals surface area (Å²) in [6.07, 6.45) is 0.894. The maximum Gasteiger partial charge on any atom is 0.267 e. The number of benzene rings is 2. The molecule has 8 heteroatoms. The molecule has 128 valence electrons. The predicted octanol–water partition coefficient (Wildman–Crippen LogP) is 4.52. The van der Waals surface area contributed by atoms with E-state index < -0.39 is 34.6 Å². The summed E-state index contributed by atoms with van der Waals surface area (Å²) >= 11 is 5.85. The molecule has 0 saturated carbocycles. The molecule has 25 heavy (non-hydrogen) atoms. The Morgan fingerprint density at radius 2 is 1.88 bits per heavy atom. The van der Waals surface area contributed by atoms with Crippen LogP contribution in [0.4, 0.5) is 24.5 Å². The van der Waals surface area contributed by atoms with Crippen LogP contribution in [-0.2, 0) is 4.79 Å². The SMILES string of the molecule is Cc1ccc(Cl)cc1NC(=O)/C(C#N)=C\Nc1ccc(F)c(F)c1F. The smallest absolute Gasteiger partial charge is 0.267 e. The molecule has 0 aromatic heterocycles. The van der Waals surface area contributed by atoms with Gasteiger partial charge in [-0.3, -0.25) is 4.79 Å². The lowest BCUT2D eigenvalue weighted by Crippen LogP contribution is -2.15. The van der Waals surface area contributed by atoms with Gasteiger partial charge in [0.05, 0.1) is 5.69 Å². The normalized spacial score (nSPS) is 11.0. The van der Waals surface area contributed by atoms with Gasteiger partial charge in [-0.25, -0.2) is 13.2 Å². The minimum Gasteiger partial charge on any atom is -0.358 e. The van der Waals surface area contributed by atoms with Gasteiger partial charge in [-0.1, -0.05) is 17.7 Å². The van der Waals surface area contributed by atoms with Crippen molar-refractivity contribution in [3.63, 3.8) is 0 Å². The summed E-state index contributed by atoms with van der Waals surface area (Å²) in [5.74, 6) is -5.24. The Morgan fingerprint density at radius 3 is 2.56 bits per heavy atom. The van der Waals surface area contributed by atoms with Gasteiger partial charge in [-0.05, 0) is 36.8 Å². The molecule has 2 N–H and O–H groups in total. The fourth-order valence-electron chi connectivity index (χ4n) is 1.85. The number of aryl methyl sites for hydroxylation is 1. The molecule has 0 bridgehead atoms. The number of nitrogens with zero attached hydrogens (tertiary/aromatic N) is 1. The Balaban J connectivity index is 2.20. The van der Waals surface area contributed by atoms with Crippen LogP contribution < -0.4 is 10.6 Å². The van der Waals surface area contributed by atoms with Crippen LogP contribution in [0.2, 0.25) is 5.02 Å². The number of carbonyl (C=O) groups excluding carboxylic acids is 1. The highest BCUT2D eigenvalue weighted by molar-refractivity contribution is 6.31. The topological polar surface area (TPSA) is 64.9 Å². The maximum atomic E-state index is 13.6. The Labute approximate surface area is 146 Å². The van der Waals surface area contributed by atoms with E-state index in [1.54, 1.807) is 25.1 Å². The van der Waals surface area contributed by atoms with Crippen LogP contribution in [0.3, 0.4) is 0 Å². The predicted molar refractivity (Wildman–Crippen MR) is 88.5 cm³/mol. The summed E-state index contributed by atoms with van der Waals surface area (Å²) in [4.78, 5) is 12.1. The molecule has 0 spiro atoms. The molecule has 0 unspecified atom stereocenters. The van der Waals surface area contributed by atoms with Crippen molar-refractivity contribution < 1.29 is 18.0 Å². The summed E-state index contributed by atoms with van der Waals surface area (Å²) in [5.41, 5.74) is 0.300. The monoisotopic (exact) mass is 365 g/mol. The third kappa shape index (κ3) is 4.31. The number of anilines is 2. The molecule has 4 nitrogen and oxygen atoms in total. The molecule has 0 aliphatic rings. The summed E-state index contributed by atoms with van der Waals surface area (Å²) in [6.45, 7) is 1.73. The van der Waals surface area contributed by atoms with Gasteiger partial charge < -0.3 is 10.6 Å². The fourth-order valence-corrected chi connectivity index (χ4v) is 2.03. The van der Waals surface area contributed by atoms with Crippen LogP contribution in [0, 0.1) is 35.7 Å². The third-order valence-electron chi connectivity index (χ3n) is 3.22. The van der Waals surface area contributed by atoms with Crippen LogP contribution >= 0.6 is 11.6 Å². The molecule has 0 radical (unpaired) electrons. The van der Waals surface area contributed by atoms with Crippen LogP contribution in [0.15, 0.2) is 42.1 Å². The summed E-state index contributed by atoms with van der Waals surface area (Å²) in [7, 11) is 0. The lowest BCUT2D eigenvalue weighted by atomic mass is 10.2. The number of nitrogens with one attached hydrogen (secondary N) is 2.